The van der Waals surface area contributed by atoms with Crippen molar-refractivity contribution in [3.05, 3.63) is 47.7 Å². The molecule has 3 rings (SSSR count). The summed E-state index contributed by atoms with van der Waals surface area (Å²) in [5, 5.41) is 0. The standard InChI is InChI=1S/C19H26N6O/c1-14-5-3-9-22-18(14)19(26)25-11-4-6-15(8-12-25)24(2)13-17-21-10-7-16(20)23-17/h3,5,7,9-10,15H,4,6,8,11-13H2,1-2H3,(H2,20,21,23)/t15-/m1/s1. The summed E-state index contributed by atoms with van der Waals surface area (Å²) in [5.41, 5.74) is 7.22. The monoisotopic (exact) mass is 354 g/mol. The van der Waals surface area contributed by atoms with E-state index in [1.807, 2.05) is 24.0 Å². The number of aryl methyl sites for hydroxylation is 1. The Kier molecular flexibility index (Phi) is 5.78. The van der Waals surface area contributed by atoms with Gasteiger partial charge >= 0.3 is 0 Å². The van der Waals surface area contributed by atoms with Crippen molar-refractivity contribution < 1.29 is 4.79 Å². The van der Waals surface area contributed by atoms with E-state index in [1.54, 1.807) is 18.5 Å². The molecule has 0 radical (unpaired) electrons. The van der Waals surface area contributed by atoms with E-state index in [4.69, 9.17) is 5.73 Å². The Hall–Kier alpha value is -2.54. The smallest absolute Gasteiger partial charge is 0.272 e. The van der Waals surface area contributed by atoms with Gasteiger partial charge in [0.05, 0.1) is 6.54 Å². The van der Waals surface area contributed by atoms with E-state index in [0.29, 0.717) is 24.1 Å². The third kappa shape index (κ3) is 4.35. The van der Waals surface area contributed by atoms with Gasteiger partial charge in [0.25, 0.3) is 5.91 Å². The molecule has 0 aliphatic carbocycles. The summed E-state index contributed by atoms with van der Waals surface area (Å²) in [4.78, 5) is 29.8. The van der Waals surface area contributed by atoms with E-state index in [0.717, 1.165) is 43.7 Å². The van der Waals surface area contributed by atoms with Gasteiger partial charge in [0.15, 0.2) is 0 Å². The van der Waals surface area contributed by atoms with Crippen molar-refractivity contribution >= 4 is 11.7 Å². The summed E-state index contributed by atoms with van der Waals surface area (Å²) < 4.78 is 0. The maximum absolute atomic E-state index is 12.8. The van der Waals surface area contributed by atoms with Gasteiger partial charge in [0, 0.05) is 31.5 Å². The number of pyridine rings is 1. The van der Waals surface area contributed by atoms with Crippen molar-refractivity contribution in [2.45, 2.75) is 38.8 Å². The van der Waals surface area contributed by atoms with Gasteiger partial charge in [-0.25, -0.2) is 9.97 Å². The van der Waals surface area contributed by atoms with E-state index in [9.17, 15) is 4.79 Å². The molecule has 7 nitrogen and oxygen atoms in total. The number of carbonyl (C=O) groups excluding carboxylic acids is 1. The molecule has 1 aliphatic rings. The van der Waals surface area contributed by atoms with E-state index < -0.39 is 0 Å². The molecule has 0 saturated carbocycles. The highest BCUT2D eigenvalue weighted by atomic mass is 16.2. The van der Waals surface area contributed by atoms with Crippen molar-refractivity contribution in [2.24, 2.45) is 0 Å². The van der Waals surface area contributed by atoms with Crippen LogP contribution >= 0.6 is 0 Å². The van der Waals surface area contributed by atoms with E-state index >= 15 is 0 Å². The molecule has 2 aromatic rings. The largest absolute Gasteiger partial charge is 0.384 e. The molecule has 1 fully saturated rings. The highest BCUT2D eigenvalue weighted by Crippen LogP contribution is 2.19. The lowest BCUT2D eigenvalue weighted by Gasteiger charge is -2.26. The van der Waals surface area contributed by atoms with Crippen LogP contribution in [0.15, 0.2) is 30.6 Å². The van der Waals surface area contributed by atoms with E-state index in [2.05, 4.69) is 26.9 Å². The molecule has 1 atom stereocenters. The van der Waals surface area contributed by atoms with Crippen LogP contribution in [-0.2, 0) is 6.54 Å². The normalized spacial score (nSPS) is 18.0. The van der Waals surface area contributed by atoms with Gasteiger partial charge < -0.3 is 10.6 Å². The lowest BCUT2D eigenvalue weighted by molar-refractivity contribution is 0.0750. The molecule has 1 saturated heterocycles. The van der Waals surface area contributed by atoms with Crippen LogP contribution in [-0.4, -0.2) is 56.8 Å². The maximum Gasteiger partial charge on any atom is 0.272 e. The SMILES string of the molecule is Cc1cccnc1C(=O)N1CCC[C@@H](N(C)Cc2nccc(N)n2)CC1. The van der Waals surface area contributed by atoms with E-state index in [1.165, 1.54) is 0 Å². The van der Waals surface area contributed by atoms with Crippen molar-refractivity contribution in [2.75, 3.05) is 25.9 Å². The van der Waals surface area contributed by atoms with Gasteiger partial charge in [-0.2, -0.15) is 0 Å². The molecule has 2 N–H and O–H groups in total. The Morgan fingerprint density at radius 2 is 2.12 bits per heavy atom. The number of nitrogens with two attached hydrogens (primary N) is 1. The lowest BCUT2D eigenvalue weighted by Crippen LogP contribution is -2.35. The summed E-state index contributed by atoms with van der Waals surface area (Å²) in [5.74, 6) is 1.26. The van der Waals surface area contributed by atoms with Crippen LogP contribution in [0.1, 0.15) is 41.1 Å². The molecule has 26 heavy (non-hydrogen) atoms. The lowest BCUT2D eigenvalue weighted by atomic mass is 10.1. The Morgan fingerprint density at radius 3 is 2.88 bits per heavy atom. The highest BCUT2D eigenvalue weighted by molar-refractivity contribution is 5.93. The topological polar surface area (TPSA) is 88.2 Å². The molecule has 7 heteroatoms. The average molecular weight is 354 g/mol. The maximum atomic E-state index is 12.8. The van der Waals surface area contributed by atoms with Crippen LogP contribution < -0.4 is 5.73 Å². The van der Waals surface area contributed by atoms with Crippen LogP contribution in [0.5, 0.6) is 0 Å². The zero-order valence-corrected chi connectivity index (χ0v) is 15.4. The van der Waals surface area contributed by atoms with Gasteiger partial charge in [0.2, 0.25) is 0 Å². The Morgan fingerprint density at radius 1 is 1.27 bits per heavy atom. The van der Waals surface area contributed by atoms with Crippen molar-refractivity contribution in [3.63, 3.8) is 0 Å². The summed E-state index contributed by atoms with van der Waals surface area (Å²) in [6.45, 7) is 4.10. The molecule has 2 aromatic heterocycles. The van der Waals surface area contributed by atoms with E-state index in [-0.39, 0.29) is 5.91 Å². The minimum Gasteiger partial charge on any atom is -0.384 e. The number of likely N-dealkylation sites (tertiary alicyclic amines) is 1. The number of nitrogen functional groups attached to an aromatic ring is 1. The number of anilines is 1. The van der Waals surface area contributed by atoms with Crippen LogP contribution in [0.3, 0.4) is 0 Å². The van der Waals surface area contributed by atoms with Gasteiger partial charge in [-0.15, -0.1) is 0 Å². The molecule has 1 amide bonds. The minimum atomic E-state index is 0.0329. The van der Waals surface area contributed by atoms with Crippen molar-refractivity contribution in [3.8, 4) is 0 Å². The Bertz CT molecular complexity index is 765. The predicted octanol–water partition coefficient (Wildman–Crippen LogP) is 1.89. The van der Waals surface area contributed by atoms with Crippen LogP contribution in [0, 0.1) is 6.92 Å². The Labute approximate surface area is 154 Å². The summed E-state index contributed by atoms with van der Waals surface area (Å²) >= 11 is 0. The number of amides is 1. The molecule has 0 aromatic carbocycles. The quantitative estimate of drug-likeness (QED) is 0.902. The van der Waals surface area contributed by atoms with Gasteiger partial charge in [0.1, 0.15) is 17.3 Å². The number of hydrogen-bond donors (Lipinski definition) is 1. The number of hydrogen-bond acceptors (Lipinski definition) is 6. The summed E-state index contributed by atoms with van der Waals surface area (Å²) in [6, 6.07) is 5.87. The van der Waals surface area contributed by atoms with Gasteiger partial charge in [-0.3, -0.25) is 14.7 Å². The number of rotatable bonds is 4. The van der Waals surface area contributed by atoms with Gasteiger partial charge in [-0.1, -0.05) is 6.07 Å². The molecule has 3 heterocycles. The van der Waals surface area contributed by atoms with Crippen LogP contribution in [0.2, 0.25) is 0 Å². The van der Waals surface area contributed by atoms with Gasteiger partial charge in [-0.05, 0) is 50.9 Å². The second-order valence-corrected chi connectivity index (χ2v) is 6.86. The zero-order chi connectivity index (χ0) is 18.5. The molecule has 138 valence electrons. The molecule has 0 bridgehead atoms. The zero-order valence-electron chi connectivity index (χ0n) is 15.4. The van der Waals surface area contributed by atoms with Crippen LogP contribution in [0.25, 0.3) is 0 Å². The highest BCUT2D eigenvalue weighted by Gasteiger charge is 2.25. The second kappa shape index (κ2) is 8.23. The minimum absolute atomic E-state index is 0.0329. The first-order valence-electron chi connectivity index (χ1n) is 9.03. The van der Waals surface area contributed by atoms with Crippen molar-refractivity contribution in [1.82, 2.24) is 24.8 Å². The molecule has 0 unspecified atom stereocenters. The second-order valence-electron chi connectivity index (χ2n) is 6.86. The van der Waals surface area contributed by atoms with Crippen LogP contribution in [0.4, 0.5) is 5.82 Å². The Balaban J connectivity index is 1.61. The number of aromatic nitrogens is 3. The predicted molar refractivity (Wildman–Crippen MR) is 100 cm³/mol. The number of carbonyl (C=O) groups is 1. The average Bonchev–Trinajstić information content (AvgIpc) is 2.88. The summed E-state index contributed by atoms with van der Waals surface area (Å²) in [7, 11) is 2.08. The third-order valence-corrected chi connectivity index (χ3v) is 4.94. The molecular weight excluding hydrogens is 328 g/mol. The fourth-order valence-corrected chi connectivity index (χ4v) is 3.43. The first kappa shape index (κ1) is 18.3. The van der Waals surface area contributed by atoms with Crippen molar-refractivity contribution in [1.29, 1.82) is 0 Å². The first-order valence-corrected chi connectivity index (χ1v) is 9.03. The molecule has 0 spiro atoms. The molecule has 1 aliphatic heterocycles. The molecular formula is C19H26N6O. The fourth-order valence-electron chi connectivity index (χ4n) is 3.43. The third-order valence-electron chi connectivity index (χ3n) is 4.94. The summed E-state index contributed by atoms with van der Waals surface area (Å²) in [6.07, 6.45) is 6.32. The number of nitrogens with zero attached hydrogens (tertiary/aromatic N) is 5. The first-order chi connectivity index (χ1) is 12.5. The fraction of sp³-hybridized carbons (Fsp3) is 0.474.